The summed E-state index contributed by atoms with van der Waals surface area (Å²) in [5.74, 6) is 0.593. The van der Waals surface area contributed by atoms with E-state index in [2.05, 4.69) is 0 Å². The van der Waals surface area contributed by atoms with Crippen molar-refractivity contribution in [2.45, 2.75) is 19.4 Å². The molecule has 2 aromatic heterocycles. The fraction of sp³-hybridized carbons (Fsp3) is 0.308. The molecule has 0 radical (unpaired) electrons. The number of carbonyl (C=O) groups is 1. The van der Waals surface area contributed by atoms with Gasteiger partial charge in [-0.1, -0.05) is 11.6 Å². The highest BCUT2D eigenvalue weighted by Crippen LogP contribution is 2.32. The van der Waals surface area contributed by atoms with Crippen molar-refractivity contribution >= 4 is 28.7 Å². The van der Waals surface area contributed by atoms with E-state index >= 15 is 0 Å². The van der Waals surface area contributed by atoms with E-state index in [-0.39, 0.29) is 0 Å². The van der Waals surface area contributed by atoms with Crippen LogP contribution < -0.4 is 0 Å². The lowest BCUT2D eigenvalue weighted by molar-refractivity contribution is 0.0967. The molecule has 1 saturated carbocycles. The van der Waals surface area contributed by atoms with Gasteiger partial charge in [-0.25, -0.2) is 0 Å². The Morgan fingerprint density at radius 3 is 2.88 bits per heavy atom. The Balaban J connectivity index is 1.73. The first-order chi connectivity index (χ1) is 8.22. The average molecular weight is 266 g/mol. The Hall–Kier alpha value is -1.06. The third-order valence-electron chi connectivity index (χ3n) is 2.95. The minimum Gasteiger partial charge on any atom is -0.348 e. The molecule has 4 heteroatoms. The molecule has 0 saturated heterocycles. The van der Waals surface area contributed by atoms with Gasteiger partial charge in [0.25, 0.3) is 0 Å². The fourth-order valence-electron chi connectivity index (χ4n) is 1.88. The van der Waals surface area contributed by atoms with Gasteiger partial charge < -0.3 is 4.57 Å². The molecular weight excluding hydrogens is 254 g/mol. The van der Waals surface area contributed by atoms with Gasteiger partial charge in [-0.3, -0.25) is 4.79 Å². The fourth-order valence-corrected chi connectivity index (χ4v) is 2.98. The first kappa shape index (κ1) is 11.1. The van der Waals surface area contributed by atoms with Gasteiger partial charge in [0.1, 0.15) is 0 Å². The number of aromatic nitrogens is 1. The van der Waals surface area contributed by atoms with Crippen molar-refractivity contribution in [2.75, 3.05) is 0 Å². The molecule has 0 aromatic carbocycles. The van der Waals surface area contributed by atoms with Crippen molar-refractivity contribution in [1.29, 1.82) is 0 Å². The van der Waals surface area contributed by atoms with Crippen LogP contribution in [0.5, 0.6) is 0 Å². The van der Waals surface area contributed by atoms with Gasteiger partial charge >= 0.3 is 0 Å². The predicted molar refractivity (Wildman–Crippen MR) is 69.9 cm³/mol. The van der Waals surface area contributed by atoms with E-state index in [1.807, 2.05) is 35.2 Å². The van der Waals surface area contributed by atoms with Crippen LogP contribution in [0.15, 0.2) is 30.6 Å². The van der Waals surface area contributed by atoms with Crippen LogP contribution in [-0.2, 0) is 6.54 Å². The van der Waals surface area contributed by atoms with Crippen LogP contribution in [0.2, 0.25) is 4.34 Å². The van der Waals surface area contributed by atoms with Crippen molar-refractivity contribution in [3.8, 4) is 0 Å². The van der Waals surface area contributed by atoms with Crippen LogP contribution in [-0.4, -0.2) is 10.4 Å². The molecule has 0 aliphatic heterocycles. The van der Waals surface area contributed by atoms with Gasteiger partial charge in [0.2, 0.25) is 0 Å². The maximum Gasteiger partial charge on any atom is 0.167 e. The van der Waals surface area contributed by atoms with Gasteiger partial charge in [0, 0.05) is 28.8 Å². The molecule has 0 bridgehead atoms. The number of hydrogen-bond acceptors (Lipinski definition) is 2. The van der Waals surface area contributed by atoms with E-state index < -0.39 is 0 Å². The smallest absolute Gasteiger partial charge is 0.167 e. The van der Waals surface area contributed by atoms with E-state index in [1.54, 1.807) is 11.3 Å². The van der Waals surface area contributed by atoms with Crippen molar-refractivity contribution in [1.82, 2.24) is 4.57 Å². The standard InChI is InChI=1S/C13H12ClNOS/c14-12-4-3-11(17-12)8-15-6-5-10(7-15)13(16)9-1-2-9/h3-7,9H,1-2,8H2. The number of halogens is 1. The average Bonchev–Trinajstić information content (AvgIpc) is 2.93. The summed E-state index contributed by atoms with van der Waals surface area (Å²) in [5.41, 5.74) is 0.843. The first-order valence-electron chi connectivity index (χ1n) is 5.66. The van der Waals surface area contributed by atoms with Crippen LogP contribution in [0.1, 0.15) is 28.1 Å². The summed E-state index contributed by atoms with van der Waals surface area (Å²) in [6.45, 7) is 0.787. The minimum absolute atomic E-state index is 0.294. The van der Waals surface area contributed by atoms with Crippen molar-refractivity contribution in [3.63, 3.8) is 0 Å². The Morgan fingerprint density at radius 1 is 1.41 bits per heavy atom. The van der Waals surface area contributed by atoms with Crippen molar-refractivity contribution in [3.05, 3.63) is 45.4 Å². The van der Waals surface area contributed by atoms with Gasteiger partial charge in [-0.15, -0.1) is 11.3 Å². The van der Waals surface area contributed by atoms with E-state index in [0.717, 1.165) is 29.3 Å². The molecule has 0 unspecified atom stereocenters. The van der Waals surface area contributed by atoms with E-state index in [0.29, 0.717) is 11.7 Å². The Morgan fingerprint density at radius 2 is 2.24 bits per heavy atom. The van der Waals surface area contributed by atoms with Gasteiger partial charge in [-0.05, 0) is 31.0 Å². The lowest BCUT2D eigenvalue weighted by Gasteiger charge is -1.99. The number of hydrogen-bond donors (Lipinski definition) is 0. The molecule has 2 aromatic rings. The SMILES string of the molecule is O=C(c1ccn(Cc2ccc(Cl)s2)c1)C1CC1. The zero-order chi connectivity index (χ0) is 11.8. The molecule has 1 fully saturated rings. The molecule has 17 heavy (non-hydrogen) atoms. The molecule has 0 atom stereocenters. The molecule has 1 aliphatic rings. The molecule has 1 aliphatic carbocycles. The van der Waals surface area contributed by atoms with Crippen molar-refractivity contribution in [2.24, 2.45) is 5.92 Å². The highest BCUT2D eigenvalue weighted by atomic mass is 35.5. The highest BCUT2D eigenvalue weighted by molar-refractivity contribution is 7.16. The predicted octanol–water partition coefficient (Wildman–Crippen LogP) is 3.84. The minimum atomic E-state index is 0.294. The van der Waals surface area contributed by atoms with Crippen LogP contribution in [0, 0.1) is 5.92 Å². The molecule has 2 nitrogen and oxygen atoms in total. The van der Waals surface area contributed by atoms with Crippen LogP contribution in [0.25, 0.3) is 0 Å². The number of rotatable bonds is 4. The maximum atomic E-state index is 11.8. The first-order valence-corrected chi connectivity index (χ1v) is 6.86. The quantitative estimate of drug-likeness (QED) is 0.770. The molecule has 3 rings (SSSR count). The summed E-state index contributed by atoms with van der Waals surface area (Å²) in [6, 6.07) is 5.84. The third-order valence-corrected chi connectivity index (χ3v) is 4.17. The Labute approximate surface area is 109 Å². The molecule has 2 heterocycles. The monoisotopic (exact) mass is 265 g/mol. The zero-order valence-corrected chi connectivity index (χ0v) is 10.8. The maximum absolute atomic E-state index is 11.8. The van der Waals surface area contributed by atoms with Crippen LogP contribution >= 0.6 is 22.9 Å². The topological polar surface area (TPSA) is 22.0 Å². The number of thiophene rings is 1. The normalized spacial score (nSPS) is 15.1. The molecule has 0 amide bonds. The number of ketones is 1. The van der Waals surface area contributed by atoms with Crippen LogP contribution in [0.3, 0.4) is 0 Å². The van der Waals surface area contributed by atoms with Gasteiger partial charge in [0.05, 0.1) is 10.9 Å². The lowest BCUT2D eigenvalue weighted by Crippen LogP contribution is -2.00. The molecular formula is C13H12ClNOS. The number of carbonyl (C=O) groups excluding carboxylic acids is 1. The molecule has 0 spiro atoms. The largest absolute Gasteiger partial charge is 0.348 e. The van der Waals surface area contributed by atoms with Crippen molar-refractivity contribution < 1.29 is 4.79 Å². The van der Waals surface area contributed by atoms with Gasteiger partial charge in [0.15, 0.2) is 5.78 Å². The lowest BCUT2D eigenvalue weighted by atomic mass is 10.1. The second kappa shape index (κ2) is 4.31. The zero-order valence-electron chi connectivity index (χ0n) is 9.23. The second-order valence-electron chi connectivity index (χ2n) is 4.42. The summed E-state index contributed by atoms with van der Waals surface area (Å²) < 4.78 is 2.85. The summed E-state index contributed by atoms with van der Waals surface area (Å²) in [7, 11) is 0. The Bertz CT molecular complexity index is 553. The molecule has 0 N–H and O–H groups in total. The van der Waals surface area contributed by atoms with E-state index in [1.165, 1.54) is 4.88 Å². The second-order valence-corrected chi connectivity index (χ2v) is 6.22. The summed E-state index contributed by atoms with van der Waals surface area (Å²) in [5, 5.41) is 0. The third kappa shape index (κ3) is 2.45. The van der Waals surface area contributed by atoms with Crippen LogP contribution in [0.4, 0.5) is 0 Å². The highest BCUT2D eigenvalue weighted by Gasteiger charge is 2.30. The van der Waals surface area contributed by atoms with E-state index in [9.17, 15) is 4.79 Å². The summed E-state index contributed by atoms with van der Waals surface area (Å²) in [4.78, 5) is 13.0. The van der Waals surface area contributed by atoms with Gasteiger partial charge in [-0.2, -0.15) is 0 Å². The molecule has 88 valence electrons. The Kier molecular flexibility index (Phi) is 2.81. The van der Waals surface area contributed by atoms with E-state index in [4.69, 9.17) is 11.6 Å². The number of nitrogens with zero attached hydrogens (tertiary/aromatic N) is 1. The summed E-state index contributed by atoms with van der Waals surface area (Å²) >= 11 is 7.47. The summed E-state index contributed by atoms with van der Waals surface area (Å²) in [6.07, 6.45) is 6.02. The number of Topliss-reactive ketones (excluding diaryl/α,β-unsaturated/α-hetero) is 1.